The number of sulfonamides is 1. The Kier molecular flexibility index (Phi) is 6.04. The number of amides is 1. The summed E-state index contributed by atoms with van der Waals surface area (Å²) in [6.45, 7) is 0. The van der Waals surface area contributed by atoms with Gasteiger partial charge in [0.1, 0.15) is 0 Å². The molecule has 2 aromatic rings. The predicted octanol–water partition coefficient (Wildman–Crippen LogP) is 3.18. The Morgan fingerprint density at radius 1 is 1.08 bits per heavy atom. The molecular formula is C17H17F3N2O3S. The van der Waals surface area contributed by atoms with Crippen LogP contribution in [0.4, 0.5) is 18.9 Å². The van der Waals surface area contributed by atoms with Gasteiger partial charge in [-0.15, -0.1) is 0 Å². The van der Waals surface area contributed by atoms with E-state index >= 15 is 0 Å². The number of hydrogen-bond acceptors (Lipinski definition) is 3. The molecule has 0 aliphatic heterocycles. The van der Waals surface area contributed by atoms with Crippen LogP contribution >= 0.6 is 0 Å². The number of hydrogen-bond donors (Lipinski definition) is 2. The molecule has 0 bridgehead atoms. The van der Waals surface area contributed by atoms with Crippen LogP contribution in [0.1, 0.15) is 17.5 Å². The maximum atomic E-state index is 12.7. The van der Waals surface area contributed by atoms with Gasteiger partial charge in [-0.05, 0) is 49.4 Å². The van der Waals surface area contributed by atoms with Crippen LogP contribution in [0.3, 0.4) is 0 Å². The first-order valence-electron chi connectivity index (χ1n) is 7.61. The van der Waals surface area contributed by atoms with Crippen LogP contribution in [0.25, 0.3) is 0 Å². The molecule has 140 valence electrons. The molecule has 26 heavy (non-hydrogen) atoms. The zero-order valence-corrected chi connectivity index (χ0v) is 14.6. The number of halogens is 3. The second-order valence-corrected chi connectivity index (χ2v) is 7.36. The van der Waals surface area contributed by atoms with Crippen molar-refractivity contribution >= 4 is 21.6 Å². The molecule has 0 heterocycles. The summed E-state index contributed by atoms with van der Waals surface area (Å²) in [5.74, 6) is -0.434. The zero-order chi connectivity index (χ0) is 19.4. The van der Waals surface area contributed by atoms with Crippen molar-refractivity contribution in [2.24, 2.45) is 0 Å². The minimum absolute atomic E-state index is 0.0500. The maximum Gasteiger partial charge on any atom is 0.416 e. The van der Waals surface area contributed by atoms with Gasteiger partial charge < -0.3 is 5.32 Å². The number of anilines is 1. The molecule has 0 radical (unpaired) electrons. The van der Waals surface area contributed by atoms with E-state index in [0.717, 1.165) is 17.7 Å². The molecule has 2 aromatic carbocycles. The standard InChI is InChI=1S/C17H17F3N2O3S/c1-21-26(24,25)15-8-5-12(6-9-15)7-10-16(23)22-14-4-2-3-13(11-14)17(18,19)20/h2-6,8-9,11,21H,7,10H2,1H3,(H,22,23). The highest BCUT2D eigenvalue weighted by Gasteiger charge is 2.30. The summed E-state index contributed by atoms with van der Waals surface area (Å²) in [6, 6.07) is 10.4. The van der Waals surface area contributed by atoms with Crippen molar-refractivity contribution in [3.05, 3.63) is 59.7 Å². The van der Waals surface area contributed by atoms with Gasteiger partial charge in [0.25, 0.3) is 0 Å². The monoisotopic (exact) mass is 386 g/mol. The highest BCUT2D eigenvalue weighted by molar-refractivity contribution is 7.89. The minimum Gasteiger partial charge on any atom is -0.326 e. The van der Waals surface area contributed by atoms with Crippen molar-refractivity contribution in [1.82, 2.24) is 4.72 Å². The van der Waals surface area contributed by atoms with Gasteiger partial charge in [0.15, 0.2) is 0 Å². The van der Waals surface area contributed by atoms with Gasteiger partial charge in [0.2, 0.25) is 15.9 Å². The molecular weight excluding hydrogens is 369 g/mol. The van der Waals surface area contributed by atoms with Crippen molar-refractivity contribution in [3.63, 3.8) is 0 Å². The van der Waals surface area contributed by atoms with E-state index in [1.54, 1.807) is 12.1 Å². The van der Waals surface area contributed by atoms with Crippen LogP contribution in [-0.2, 0) is 27.4 Å². The van der Waals surface area contributed by atoms with E-state index in [-0.39, 0.29) is 17.0 Å². The molecule has 9 heteroatoms. The molecule has 0 saturated carbocycles. The summed E-state index contributed by atoms with van der Waals surface area (Å²) in [7, 11) is -2.22. The molecule has 0 aliphatic rings. The van der Waals surface area contributed by atoms with Gasteiger partial charge >= 0.3 is 6.18 Å². The van der Waals surface area contributed by atoms with Gasteiger partial charge in [-0.2, -0.15) is 13.2 Å². The predicted molar refractivity (Wildman–Crippen MR) is 91.1 cm³/mol. The maximum absolute atomic E-state index is 12.7. The van der Waals surface area contributed by atoms with Crippen LogP contribution in [0.5, 0.6) is 0 Å². The van der Waals surface area contributed by atoms with Crippen LogP contribution < -0.4 is 10.0 Å². The first kappa shape index (κ1) is 19.9. The fourth-order valence-electron chi connectivity index (χ4n) is 2.21. The number of alkyl halides is 3. The Morgan fingerprint density at radius 3 is 2.31 bits per heavy atom. The number of carbonyl (C=O) groups excluding carboxylic acids is 1. The average Bonchev–Trinajstić information content (AvgIpc) is 2.60. The summed E-state index contributed by atoms with van der Waals surface area (Å²) in [4.78, 5) is 12.0. The van der Waals surface area contributed by atoms with E-state index in [4.69, 9.17) is 0 Å². The lowest BCUT2D eigenvalue weighted by atomic mass is 10.1. The average molecular weight is 386 g/mol. The minimum atomic E-state index is -4.48. The molecule has 0 spiro atoms. The van der Waals surface area contributed by atoms with E-state index in [0.29, 0.717) is 6.42 Å². The third-order valence-corrected chi connectivity index (χ3v) is 5.05. The third-order valence-electron chi connectivity index (χ3n) is 3.62. The molecule has 0 unspecified atom stereocenters. The van der Waals surface area contributed by atoms with Gasteiger partial charge in [0, 0.05) is 12.1 Å². The van der Waals surface area contributed by atoms with E-state index in [2.05, 4.69) is 10.0 Å². The van der Waals surface area contributed by atoms with Crippen LogP contribution in [0.2, 0.25) is 0 Å². The Morgan fingerprint density at radius 2 is 1.73 bits per heavy atom. The fourth-order valence-corrected chi connectivity index (χ4v) is 2.94. The molecule has 0 aliphatic carbocycles. The molecule has 0 fully saturated rings. The van der Waals surface area contributed by atoms with Gasteiger partial charge in [-0.3, -0.25) is 4.79 Å². The number of carbonyl (C=O) groups is 1. The lowest BCUT2D eigenvalue weighted by Crippen LogP contribution is -2.18. The number of aryl methyl sites for hydroxylation is 1. The highest BCUT2D eigenvalue weighted by Crippen LogP contribution is 2.30. The van der Waals surface area contributed by atoms with Gasteiger partial charge in [-0.25, -0.2) is 13.1 Å². The van der Waals surface area contributed by atoms with Crippen LogP contribution in [0.15, 0.2) is 53.4 Å². The lowest BCUT2D eigenvalue weighted by Gasteiger charge is -2.10. The van der Waals surface area contributed by atoms with E-state index < -0.39 is 27.7 Å². The molecule has 0 atom stereocenters. The largest absolute Gasteiger partial charge is 0.416 e. The number of benzene rings is 2. The Labute approximate surface area is 149 Å². The van der Waals surface area contributed by atoms with Crippen molar-refractivity contribution < 1.29 is 26.4 Å². The first-order valence-corrected chi connectivity index (χ1v) is 9.10. The summed E-state index contributed by atoms with van der Waals surface area (Å²) in [5.41, 5.74) is -0.0313. The van der Waals surface area contributed by atoms with E-state index in [1.165, 1.54) is 31.3 Å². The van der Waals surface area contributed by atoms with E-state index in [9.17, 15) is 26.4 Å². The summed E-state index contributed by atoms with van der Waals surface area (Å²) in [5, 5.41) is 2.42. The molecule has 0 aromatic heterocycles. The van der Waals surface area contributed by atoms with Crippen LogP contribution in [0, 0.1) is 0 Å². The summed E-state index contributed by atoms with van der Waals surface area (Å²) < 4.78 is 63.4. The molecule has 5 nitrogen and oxygen atoms in total. The second-order valence-electron chi connectivity index (χ2n) is 5.48. The van der Waals surface area contributed by atoms with Gasteiger partial charge in [-0.1, -0.05) is 18.2 Å². The van der Waals surface area contributed by atoms with Crippen molar-refractivity contribution in [2.75, 3.05) is 12.4 Å². The second kappa shape index (κ2) is 7.88. The highest BCUT2D eigenvalue weighted by atomic mass is 32.2. The SMILES string of the molecule is CNS(=O)(=O)c1ccc(CCC(=O)Nc2cccc(C(F)(F)F)c2)cc1. The molecule has 1 amide bonds. The van der Waals surface area contributed by atoms with Crippen molar-refractivity contribution in [3.8, 4) is 0 Å². The molecule has 2 N–H and O–H groups in total. The fraction of sp³-hybridized carbons (Fsp3) is 0.235. The summed E-state index contributed by atoms with van der Waals surface area (Å²) >= 11 is 0. The first-order chi connectivity index (χ1) is 12.1. The Hall–Kier alpha value is -2.39. The number of rotatable bonds is 6. The number of nitrogens with one attached hydrogen (secondary N) is 2. The van der Waals surface area contributed by atoms with Crippen molar-refractivity contribution in [1.29, 1.82) is 0 Å². The summed E-state index contributed by atoms with van der Waals surface area (Å²) in [6.07, 6.45) is -4.10. The molecule has 0 saturated heterocycles. The Balaban J connectivity index is 1.95. The zero-order valence-electron chi connectivity index (χ0n) is 13.8. The Bertz CT molecular complexity index is 879. The topological polar surface area (TPSA) is 75.3 Å². The van der Waals surface area contributed by atoms with Crippen LogP contribution in [-0.4, -0.2) is 21.4 Å². The quantitative estimate of drug-likeness (QED) is 0.801. The van der Waals surface area contributed by atoms with Crippen molar-refractivity contribution in [2.45, 2.75) is 23.9 Å². The normalized spacial score (nSPS) is 12.0. The molecule has 2 rings (SSSR count). The van der Waals surface area contributed by atoms with E-state index in [1.807, 2.05) is 0 Å². The third kappa shape index (κ3) is 5.30. The lowest BCUT2D eigenvalue weighted by molar-refractivity contribution is -0.137. The smallest absolute Gasteiger partial charge is 0.326 e. The van der Waals surface area contributed by atoms with Gasteiger partial charge in [0.05, 0.1) is 10.5 Å².